The first-order valence-electron chi connectivity index (χ1n) is 8.52. The van der Waals surface area contributed by atoms with Crippen molar-refractivity contribution in [3.8, 4) is 17.4 Å². The van der Waals surface area contributed by atoms with Crippen LogP contribution < -0.4 is 10.3 Å². The molecule has 0 spiro atoms. The van der Waals surface area contributed by atoms with Crippen LogP contribution in [0.5, 0.6) is 6.01 Å². The van der Waals surface area contributed by atoms with E-state index in [9.17, 15) is 18.0 Å². The fraction of sp³-hybridized carbons (Fsp3) is 0.158. The number of hydrogen-bond donors (Lipinski definition) is 2. The zero-order chi connectivity index (χ0) is 20.6. The molecule has 4 rings (SSSR count). The number of nitrogens with zero attached hydrogens (tertiary/aromatic N) is 3. The summed E-state index contributed by atoms with van der Waals surface area (Å²) in [6.07, 6.45) is -4.09. The number of nitrogens with one attached hydrogen (secondary N) is 2. The standard InChI is InChI=1S/C19H14F3N5O2/c1-10-24-9-13(25-10)15-14-12(7-8-23-15)17(28)27-18(26-14)29-16(19(20,21)22)11-5-3-2-4-6-11/h2-9,16H,1H3,(H,24,25)(H,26,27,28)/t16-/m0/s1. The van der Waals surface area contributed by atoms with E-state index in [-0.39, 0.29) is 22.2 Å². The highest BCUT2D eigenvalue weighted by Crippen LogP contribution is 2.36. The molecular formula is C19H14F3N5O2. The third-order valence-electron chi connectivity index (χ3n) is 4.19. The number of alkyl halides is 3. The fourth-order valence-electron chi connectivity index (χ4n) is 2.90. The Morgan fingerprint density at radius 2 is 1.83 bits per heavy atom. The summed E-state index contributed by atoms with van der Waals surface area (Å²) >= 11 is 0. The minimum atomic E-state index is -4.72. The molecule has 3 heterocycles. The van der Waals surface area contributed by atoms with Crippen molar-refractivity contribution in [2.24, 2.45) is 0 Å². The summed E-state index contributed by atoms with van der Waals surface area (Å²) in [5, 5.41) is 0.165. The monoisotopic (exact) mass is 401 g/mol. The minimum Gasteiger partial charge on any atom is -0.447 e. The number of pyridine rings is 1. The van der Waals surface area contributed by atoms with Gasteiger partial charge in [-0.2, -0.15) is 18.2 Å². The van der Waals surface area contributed by atoms with Crippen molar-refractivity contribution in [1.29, 1.82) is 0 Å². The van der Waals surface area contributed by atoms with Crippen LogP contribution in [-0.2, 0) is 0 Å². The van der Waals surface area contributed by atoms with Crippen molar-refractivity contribution in [2.75, 3.05) is 0 Å². The maximum absolute atomic E-state index is 13.6. The van der Waals surface area contributed by atoms with E-state index >= 15 is 0 Å². The van der Waals surface area contributed by atoms with Crippen molar-refractivity contribution >= 4 is 10.9 Å². The third kappa shape index (κ3) is 3.68. The highest BCUT2D eigenvalue weighted by molar-refractivity contribution is 5.89. The molecule has 2 N–H and O–H groups in total. The van der Waals surface area contributed by atoms with E-state index in [4.69, 9.17) is 4.74 Å². The molecule has 4 aromatic rings. The SMILES string of the molecule is Cc1ncc(-c2nccc3c(=O)[nH]c(O[C@@H](c4ccccc4)C(F)(F)F)nc23)[nH]1. The van der Waals surface area contributed by atoms with E-state index in [0.717, 1.165) is 0 Å². The highest BCUT2D eigenvalue weighted by Gasteiger charge is 2.43. The smallest absolute Gasteiger partial charge is 0.429 e. The number of benzene rings is 1. The van der Waals surface area contributed by atoms with E-state index < -0.39 is 23.8 Å². The van der Waals surface area contributed by atoms with Gasteiger partial charge in [-0.15, -0.1) is 0 Å². The van der Waals surface area contributed by atoms with E-state index in [1.807, 2.05) is 0 Å². The number of hydrogen-bond acceptors (Lipinski definition) is 5. The van der Waals surface area contributed by atoms with Crippen LogP contribution in [0, 0.1) is 6.92 Å². The number of fused-ring (bicyclic) bond motifs is 1. The Morgan fingerprint density at radius 3 is 2.48 bits per heavy atom. The van der Waals surface area contributed by atoms with Crippen LogP contribution in [0.4, 0.5) is 13.2 Å². The molecule has 0 aliphatic carbocycles. The summed E-state index contributed by atoms with van der Waals surface area (Å²) in [6.45, 7) is 1.73. The second-order valence-electron chi connectivity index (χ2n) is 6.26. The zero-order valence-corrected chi connectivity index (χ0v) is 15.0. The van der Waals surface area contributed by atoms with Crippen LogP contribution >= 0.6 is 0 Å². The Kier molecular flexibility index (Phi) is 4.53. The lowest BCUT2D eigenvalue weighted by atomic mass is 10.1. The van der Waals surface area contributed by atoms with Gasteiger partial charge in [0.05, 0.1) is 17.3 Å². The quantitative estimate of drug-likeness (QED) is 0.544. The van der Waals surface area contributed by atoms with Gasteiger partial charge >= 0.3 is 6.18 Å². The number of aromatic nitrogens is 5. The number of rotatable bonds is 4. The van der Waals surface area contributed by atoms with Gasteiger partial charge < -0.3 is 9.72 Å². The van der Waals surface area contributed by atoms with Crippen LogP contribution in [0.1, 0.15) is 17.5 Å². The molecule has 0 radical (unpaired) electrons. The maximum Gasteiger partial charge on any atom is 0.429 e. The predicted molar refractivity (Wildman–Crippen MR) is 98.3 cm³/mol. The number of ether oxygens (including phenoxy) is 1. The second-order valence-corrected chi connectivity index (χ2v) is 6.26. The molecule has 0 fully saturated rings. The van der Waals surface area contributed by atoms with Gasteiger partial charge in [0, 0.05) is 11.8 Å². The molecule has 0 saturated carbocycles. The topological polar surface area (TPSA) is 96.6 Å². The Morgan fingerprint density at radius 1 is 1.07 bits per heavy atom. The second kappa shape index (κ2) is 7.04. The molecule has 0 saturated heterocycles. The number of aryl methyl sites for hydroxylation is 1. The number of halogens is 3. The summed E-state index contributed by atoms with van der Waals surface area (Å²) in [7, 11) is 0. The predicted octanol–water partition coefficient (Wildman–Crippen LogP) is 3.70. The van der Waals surface area contributed by atoms with E-state index in [1.165, 1.54) is 42.7 Å². The van der Waals surface area contributed by atoms with Gasteiger partial charge in [0.15, 0.2) is 0 Å². The van der Waals surface area contributed by atoms with Crippen molar-refractivity contribution in [2.45, 2.75) is 19.2 Å². The summed E-state index contributed by atoms with van der Waals surface area (Å²) in [6, 6.07) is 7.98. The molecule has 10 heteroatoms. The molecule has 1 atom stereocenters. The van der Waals surface area contributed by atoms with Crippen LogP contribution in [0.2, 0.25) is 0 Å². The Bertz CT molecular complexity index is 1220. The Hall–Kier alpha value is -3.69. The van der Waals surface area contributed by atoms with Gasteiger partial charge in [-0.25, -0.2) is 4.98 Å². The first-order valence-corrected chi connectivity index (χ1v) is 8.52. The highest BCUT2D eigenvalue weighted by atomic mass is 19.4. The van der Waals surface area contributed by atoms with Crippen molar-refractivity contribution in [3.05, 3.63) is 70.5 Å². The van der Waals surface area contributed by atoms with Gasteiger partial charge in [0.2, 0.25) is 6.10 Å². The molecule has 0 amide bonds. The first-order chi connectivity index (χ1) is 13.8. The average Bonchev–Trinajstić information content (AvgIpc) is 3.12. The minimum absolute atomic E-state index is 0.101. The van der Waals surface area contributed by atoms with Crippen LogP contribution in [-0.4, -0.2) is 31.1 Å². The van der Waals surface area contributed by atoms with Crippen LogP contribution in [0.15, 0.2) is 53.6 Å². The van der Waals surface area contributed by atoms with Gasteiger partial charge in [-0.3, -0.25) is 14.8 Å². The lowest BCUT2D eigenvalue weighted by molar-refractivity contribution is -0.199. The summed E-state index contributed by atoms with van der Waals surface area (Å²) in [5.74, 6) is 0.612. The molecule has 0 aliphatic heterocycles. The van der Waals surface area contributed by atoms with Gasteiger partial charge in [0.1, 0.15) is 17.0 Å². The molecule has 0 bridgehead atoms. The lowest BCUT2D eigenvalue weighted by Gasteiger charge is -2.21. The number of H-pyrrole nitrogens is 2. The molecule has 7 nitrogen and oxygen atoms in total. The van der Waals surface area contributed by atoms with E-state index in [2.05, 4.69) is 24.9 Å². The number of imidazole rings is 1. The molecule has 148 valence electrons. The van der Waals surface area contributed by atoms with Gasteiger partial charge in [0.25, 0.3) is 11.6 Å². The largest absolute Gasteiger partial charge is 0.447 e. The normalized spacial score (nSPS) is 12.8. The Balaban J connectivity index is 1.83. The van der Waals surface area contributed by atoms with Crippen molar-refractivity contribution in [3.63, 3.8) is 0 Å². The fourth-order valence-corrected chi connectivity index (χ4v) is 2.90. The van der Waals surface area contributed by atoms with Crippen LogP contribution in [0.25, 0.3) is 22.3 Å². The van der Waals surface area contributed by atoms with Crippen molar-refractivity contribution in [1.82, 2.24) is 24.9 Å². The summed E-state index contributed by atoms with van der Waals surface area (Å²) in [5.41, 5.74) is 0.107. The van der Waals surface area contributed by atoms with Gasteiger partial charge in [-0.05, 0) is 13.0 Å². The molecule has 0 unspecified atom stereocenters. The summed E-state index contributed by atoms with van der Waals surface area (Å²) < 4.78 is 45.9. The molecule has 1 aromatic carbocycles. The average molecular weight is 401 g/mol. The van der Waals surface area contributed by atoms with Crippen LogP contribution in [0.3, 0.4) is 0 Å². The van der Waals surface area contributed by atoms with E-state index in [1.54, 1.807) is 13.0 Å². The molecule has 0 aliphatic rings. The van der Waals surface area contributed by atoms with Gasteiger partial charge in [-0.1, -0.05) is 30.3 Å². The third-order valence-corrected chi connectivity index (χ3v) is 4.19. The Labute approximate surface area is 161 Å². The lowest BCUT2D eigenvalue weighted by Crippen LogP contribution is -2.27. The summed E-state index contributed by atoms with van der Waals surface area (Å²) in [4.78, 5) is 30.1. The zero-order valence-electron chi connectivity index (χ0n) is 15.0. The maximum atomic E-state index is 13.6. The van der Waals surface area contributed by atoms with E-state index in [0.29, 0.717) is 11.5 Å². The first kappa shape index (κ1) is 18.7. The molecule has 3 aromatic heterocycles. The van der Waals surface area contributed by atoms with Crippen molar-refractivity contribution < 1.29 is 17.9 Å². The molecule has 29 heavy (non-hydrogen) atoms. The molecular weight excluding hydrogens is 387 g/mol. The number of aromatic amines is 2.